The van der Waals surface area contributed by atoms with E-state index in [9.17, 15) is 5.11 Å². The van der Waals surface area contributed by atoms with Gasteiger partial charge in [0.15, 0.2) is 0 Å². The van der Waals surface area contributed by atoms with Gasteiger partial charge in [0.05, 0.1) is 12.2 Å². The van der Waals surface area contributed by atoms with Crippen LogP contribution in [-0.2, 0) is 4.74 Å². The van der Waals surface area contributed by atoms with Gasteiger partial charge < -0.3 is 9.84 Å². The van der Waals surface area contributed by atoms with Gasteiger partial charge in [-0.2, -0.15) is 0 Å². The van der Waals surface area contributed by atoms with Crippen molar-refractivity contribution in [2.24, 2.45) is 0 Å². The summed E-state index contributed by atoms with van der Waals surface area (Å²) in [6.07, 6.45) is 2.87. The van der Waals surface area contributed by atoms with Crippen LogP contribution in [0.2, 0.25) is 0 Å². The maximum Gasteiger partial charge on any atom is 0.119 e. The molecule has 1 aliphatic rings. The molecule has 0 amide bonds. The molecule has 1 heterocycles. The number of hydrogen-bond acceptors (Lipinski definition) is 2. The van der Waals surface area contributed by atoms with Gasteiger partial charge in [0.25, 0.3) is 0 Å². The Labute approximate surface area is 90.9 Å². The Morgan fingerprint density at radius 2 is 2.07 bits per heavy atom. The molecular weight excluding hydrogens is 188 g/mol. The van der Waals surface area contributed by atoms with Gasteiger partial charge in [-0.3, -0.25) is 0 Å². The Hall–Kier alpha value is -1.02. The molecule has 1 aliphatic heterocycles. The summed E-state index contributed by atoms with van der Waals surface area (Å²) >= 11 is 0. The largest absolute Gasteiger partial charge is 0.508 e. The third-order valence-electron chi connectivity index (χ3n) is 3.22. The molecule has 1 N–H and O–H groups in total. The van der Waals surface area contributed by atoms with Crippen LogP contribution in [0, 0.1) is 0 Å². The number of phenols is 1. The minimum Gasteiger partial charge on any atom is -0.508 e. The molecule has 0 aliphatic carbocycles. The first-order valence-corrected chi connectivity index (χ1v) is 5.65. The van der Waals surface area contributed by atoms with Crippen molar-refractivity contribution in [3.63, 3.8) is 0 Å². The molecule has 0 bridgehead atoms. The van der Waals surface area contributed by atoms with E-state index < -0.39 is 0 Å². The van der Waals surface area contributed by atoms with Crippen LogP contribution in [0.4, 0.5) is 0 Å². The van der Waals surface area contributed by atoms with E-state index in [2.05, 4.69) is 13.8 Å². The molecule has 0 saturated carbocycles. The van der Waals surface area contributed by atoms with Crippen molar-refractivity contribution in [2.75, 3.05) is 0 Å². The van der Waals surface area contributed by atoms with Crippen molar-refractivity contribution in [2.45, 2.75) is 44.8 Å². The number of benzene rings is 1. The van der Waals surface area contributed by atoms with Crippen LogP contribution in [0.25, 0.3) is 0 Å². The van der Waals surface area contributed by atoms with Gasteiger partial charge in [0.2, 0.25) is 0 Å². The summed E-state index contributed by atoms with van der Waals surface area (Å²) in [5.74, 6) is 0.832. The fourth-order valence-electron chi connectivity index (χ4n) is 2.10. The van der Waals surface area contributed by atoms with E-state index in [4.69, 9.17) is 4.74 Å². The fraction of sp³-hybridized carbons (Fsp3) is 0.538. The van der Waals surface area contributed by atoms with Crippen LogP contribution in [0.1, 0.15) is 38.2 Å². The number of phenolic OH excluding ortho intramolecular Hbond substituents is 1. The Morgan fingerprint density at radius 3 is 2.60 bits per heavy atom. The fourth-order valence-corrected chi connectivity index (χ4v) is 2.10. The number of para-hydroxylation sites is 1. The summed E-state index contributed by atoms with van der Waals surface area (Å²) in [7, 11) is 0. The first-order chi connectivity index (χ1) is 7.22. The van der Waals surface area contributed by atoms with Gasteiger partial charge in [-0.25, -0.2) is 0 Å². The minimum absolute atomic E-state index is 0.398. The van der Waals surface area contributed by atoms with Gasteiger partial charge in [-0.05, 0) is 37.3 Å². The summed E-state index contributed by atoms with van der Waals surface area (Å²) in [4.78, 5) is 0. The topological polar surface area (TPSA) is 32.8 Å². The van der Waals surface area contributed by atoms with E-state index in [0.717, 1.165) is 18.4 Å². The zero-order valence-electron chi connectivity index (χ0n) is 9.31. The standard InChI is InChI=1S/C13H18O2/c1-3-10(8-13-9(2)15-13)11-6-4-5-7-12(11)14/h4-7,9-10,13-14H,3,8H2,1-2H3. The van der Waals surface area contributed by atoms with Crippen molar-refractivity contribution in [1.29, 1.82) is 0 Å². The molecule has 0 aromatic heterocycles. The number of ether oxygens (including phenoxy) is 1. The summed E-state index contributed by atoms with van der Waals surface area (Å²) < 4.78 is 5.43. The molecule has 82 valence electrons. The predicted octanol–water partition coefficient (Wildman–Crippen LogP) is 3.06. The Kier molecular flexibility index (Phi) is 2.96. The Bertz CT molecular complexity index is 335. The number of rotatable bonds is 4. The lowest BCUT2D eigenvalue weighted by molar-refractivity contribution is 0.355. The maximum atomic E-state index is 9.77. The lowest BCUT2D eigenvalue weighted by Crippen LogP contribution is -2.03. The number of aromatic hydroxyl groups is 1. The van der Waals surface area contributed by atoms with Crippen LogP contribution >= 0.6 is 0 Å². The highest BCUT2D eigenvalue weighted by Gasteiger charge is 2.36. The second kappa shape index (κ2) is 4.23. The van der Waals surface area contributed by atoms with Crippen molar-refractivity contribution in [3.05, 3.63) is 29.8 Å². The molecule has 0 spiro atoms. The van der Waals surface area contributed by atoms with Gasteiger partial charge in [0.1, 0.15) is 5.75 Å². The Morgan fingerprint density at radius 1 is 1.40 bits per heavy atom. The van der Waals surface area contributed by atoms with E-state index in [0.29, 0.717) is 23.9 Å². The highest BCUT2D eigenvalue weighted by molar-refractivity contribution is 5.35. The lowest BCUT2D eigenvalue weighted by Gasteiger charge is -2.15. The summed E-state index contributed by atoms with van der Waals surface area (Å²) in [6, 6.07) is 7.61. The number of hydrogen-bond donors (Lipinski definition) is 1. The first-order valence-electron chi connectivity index (χ1n) is 5.65. The molecule has 1 saturated heterocycles. The molecule has 2 nitrogen and oxygen atoms in total. The average Bonchev–Trinajstić information content (AvgIpc) is 2.92. The molecule has 1 fully saturated rings. The number of epoxide rings is 1. The highest BCUT2D eigenvalue weighted by atomic mass is 16.6. The van der Waals surface area contributed by atoms with E-state index in [1.54, 1.807) is 6.07 Å². The van der Waals surface area contributed by atoms with Crippen LogP contribution in [0.3, 0.4) is 0 Å². The maximum absolute atomic E-state index is 9.77. The monoisotopic (exact) mass is 206 g/mol. The highest BCUT2D eigenvalue weighted by Crippen LogP contribution is 2.37. The smallest absolute Gasteiger partial charge is 0.119 e. The normalized spacial score (nSPS) is 26.3. The van der Waals surface area contributed by atoms with Crippen LogP contribution in [0.5, 0.6) is 5.75 Å². The molecule has 2 rings (SSSR count). The molecule has 3 unspecified atom stereocenters. The second-order valence-electron chi connectivity index (χ2n) is 4.28. The third-order valence-corrected chi connectivity index (χ3v) is 3.22. The van der Waals surface area contributed by atoms with Gasteiger partial charge >= 0.3 is 0 Å². The van der Waals surface area contributed by atoms with Gasteiger partial charge in [-0.15, -0.1) is 0 Å². The molecule has 1 aromatic carbocycles. The van der Waals surface area contributed by atoms with E-state index in [-0.39, 0.29) is 0 Å². The lowest BCUT2D eigenvalue weighted by atomic mass is 9.90. The van der Waals surface area contributed by atoms with Crippen molar-refractivity contribution in [1.82, 2.24) is 0 Å². The minimum atomic E-state index is 0.398. The second-order valence-corrected chi connectivity index (χ2v) is 4.28. The van der Waals surface area contributed by atoms with Crippen molar-refractivity contribution < 1.29 is 9.84 Å². The SMILES string of the molecule is CCC(CC1OC1C)c1ccccc1O. The van der Waals surface area contributed by atoms with Crippen LogP contribution in [0.15, 0.2) is 24.3 Å². The zero-order chi connectivity index (χ0) is 10.8. The average molecular weight is 206 g/mol. The molecule has 15 heavy (non-hydrogen) atoms. The summed E-state index contributed by atoms with van der Waals surface area (Å²) in [5, 5.41) is 9.77. The molecule has 2 heteroatoms. The van der Waals surface area contributed by atoms with Gasteiger partial charge in [-0.1, -0.05) is 25.1 Å². The van der Waals surface area contributed by atoms with Crippen molar-refractivity contribution in [3.8, 4) is 5.75 Å². The summed E-state index contributed by atoms with van der Waals surface area (Å²) in [6.45, 7) is 4.26. The molecule has 3 atom stereocenters. The predicted molar refractivity (Wildman–Crippen MR) is 60.1 cm³/mol. The molecule has 1 aromatic rings. The zero-order valence-corrected chi connectivity index (χ0v) is 9.31. The van der Waals surface area contributed by atoms with Crippen LogP contribution < -0.4 is 0 Å². The summed E-state index contributed by atoms with van der Waals surface area (Å²) in [5.41, 5.74) is 1.06. The Balaban J connectivity index is 2.08. The molecular formula is C13H18O2. The van der Waals surface area contributed by atoms with E-state index >= 15 is 0 Å². The van der Waals surface area contributed by atoms with Gasteiger partial charge in [0, 0.05) is 0 Å². The van der Waals surface area contributed by atoms with E-state index in [1.165, 1.54) is 0 Å². The third kappa shape index (κ3) is 2.32. The first kappa shape index (κ1) is 10.5. The molecule has 0 radical (unpaired) electrons. The van der Waals surface area contributed by atoms with Crippen molar-refractivity contribution >= 4 is 0 Å². The van der Waals surface area contributed by atoms with Crippen LogP contribution in [-0.4, -0.2) is 17.3 Å². The van der Waals surface area contributed by atoms with E-state index in [1.807, 2.05) is 18.2 Å². The quantitative estimate of drug-likeness (QED) is 0.768.